The zero-order valence-corrected chi connectivity index (χ0v) is 11.8. The Labute approximate surface area is 117 Å². The molecule has 2 aromatic rings. The molecule has 0 amide bonds. The van der Waals surface area contributed by atoms with Gasteiger partial charge in [-0.25, -0.2) is 0 Å². The summed E-state index contributed by atoms with van der Waals surface area (Å²) in [4.78, 5) is 11.9. The van der Waals surface area contributed by atoms with Crippen LogP contribution < -0.4 is 10.1 Å². The van der Waals surface area contributed by atoms with Gasteiger partial charge in [0.1, 0.15) is 5.75 Å². The number of halogens is 1. The van der Waals surface area contributed by atoms with Crippen LogP contribution in [0, 0.1) is 0 Å². The highest BCUT2D eigenvalue weighted by molar-refractivity contribution is 6.28. The summed E-state index contributed by atoms with van der Waals surface area (Å²) in [6.07, 6.45) is 0. The number of benzene rings is 1. The summed E-state index contributed by atoms with van der Waals surface area (Å²) in [5.74, 6) is 1.51. The molecule has 0 saturated carbocycles. The van der Waals surface area contributed by atoms with Gasteiger partial charge in [-0.3, -0.25) is 0 Å². The number of nitrogens with one attached hydrogen (secondary N) is 1. The van der Waals surface area contributed by atoms with Crippen LogP contribution >= 0.6 is 11.6 Å². The SMILES string of the molecule is CNc1nc(Cl)nc(Oc2ccc(C(C)C)cc2)n1. The first-order chi connectivity index (χ1) is 9.08. The van der Waals surface area contributed by atoms with E-state index >= 15 is 0 Å². The minimum absolute atomic E-state index is 0.0909. The lowest BCUT2D eigenvalue weighted by atomic mass is 10.0. The molecule has 1 N–H and O–H groups in total. The second-order valence-electron chi connectivity index (χ2n) is 4.29. The van der Waals surface area contributed by atoms with Crippen LogP contribution in [-0.4, -0.2) is 22.0 Å². The number of hydrogen-bond donors (Lipinski definition) is 1. The lowest BCUT2D eigenvalue weighted by molar-refractivity contribution is 0.440. The molecule has 19 heavy (non-hydrogen) atoms. The van der Waals surface area contributed by atoms with Gasteiger partial charge in [0.2, 0.25) is 11.2 Å². The van der Waals surface area contributed by atoms with Crippen LogP contribution in [0.2, 0.25) is 5.28 Å². The second kappa shape index (κ2) is 5.84. The first kappa shape index (κ1) is 13.5. The van der Waals surface area contributed by atoms with Crippen molar-refractivity contribution in [3.63, 3.8) is 0 Å². The second-order valence-corrected chi connectivity index (χ2v) is 4.62. The topological polar surface area (TPSA) is 59.9 Å². The highest BCUT2D eigenvalue weighted by Crippen LogP contribution is 2.22. The van der Waals surface area contributed by atoms with Gasteiger partial charge in [0.05, 0.1) is 0 Å². The van der Waals surface area contributed by atoms with Gasteiger partial charge >= 0.3 is 6.01 Å². The third-order valence-corrected chi connectivity index (χ3v) is 2.74. The van der Waals surface area contributed by atoms with Crippen molar-refractivity contribution in [3.05, 3.63) is 35.1 Å². The Morgan fingerprint density at radius 2 is 1.79 bits per heavy atom. The van der Waals surface area contributed by atoms with Crippen molar-refractivity contribution in [1.29, 1.82) is 0 Å². The first-order valence-electron chi connectivity index (χ1n) is 5.95. The molecule has 0 saturated heterocycles. The summed E-state index contributed by atoms with van der Waals surface area (Å²) in [6.45, 7) is 4.28. The maximum Gasteiger partial charge on any atom is 0.328 e. The van der Waals surface area contributed by atoms with Gasteiger partial charge in [-0.15, -0.1) is 0 Å². The molecule has 100 valence electrons. The van der Waals surface area contributed by atoms with Crippen LogP contribution in [-0.2, 0) is 0 Å². The monoisotopic (exact) mass is 278 g/mol. The Kier molecular flexibility index (Phi) is 4.16. The summed E-state index contributed by atoms with van der Waals surface area (Å²) in [7, 11) is 1.70. The normalized spacial score (nSPS) is 10.6. The zero-order valence-electron chi connectivity index (χ0n) is 11.0. The molecule has 2 rings (SSSR count). The summed E-state index contributed by atoms with van der Waals surface area (Å²) >= 11 is 5.78. The largest absolute Gasteiger partial charge is 0.424 e. The van der Waals surface area contributed by atoms with Crippen LogP contribution in [0.5, 0.6) is 11.8 Å². The molecule has 0 fully saturated rings. The Morgan fingerprint density at radius 1 is 1.11 bits per heavy atom. The van der Waals surface area contributed by atoms with Crippen LogP contribution in [0.25, 0.3) is 0 Å². The maximum absolute atomic E-state index is 5.78. The summed E-state index contributed by atoms with van der Waals surface area (Å²) in [6, 6.07) is 7.96. The van der Waals surface area contributed by atoms with Gasteiger partial charge in [0.25, 0.3) is 0 Å². The van der Waals surface area contributed by atoms with E-state index in [9.17, 15) is 0 Å². The molecular formula is C13H15ClN4O. The molecular weight excluding hydrogens is 264 g/mol. The van der Waals surface area contributed by atoms with Gasteiger partial charge in [0.15, 0.2) is 0 Å². The van der Waals surface area contributed by atoms with E-state index < -0.39 is 0 Å². The summed E-state index contributed by atoms with van der Waals surface area (Å²) < 4.78 is 5.55. The number of ether oxygens (including phenoxy) is 1. The number of anilines is 1. The molecule has 0 bridgehead atoms. The van der Waals surface area contributed by atoms with E-state index in [2.05, 4.69) is 34.1 Å². The van der Waals surface area contributed by atoms with E-state index in [0.717, 1.165) is 0 Å². The van der Waals surface area contributed by atoms with Gasteiger partial charge in [-0.2, -0.15) is 15.0 Å². The van der Waals surface area contributed by atoms with Crippen molar-refractivity contribution in [1.82, 2.24) is 15.0 Å². The van der Waals surface area contributed by atoms with E-state index in [0.29, 0.717) is 17.6 Å². The highest BCUT2D eigenvalue weighted by atomic mass is 35.5. The zero-order chi connectivity index (χ0) is 13.8. The Balaban J connectivity index is 2.18. The third kappa shape index (κ3) is 3.54. The molecule has 0 spiro atoms. The molecule has 5 nitrogen and oxygen atoms in total. The molecule has 0 aliphatic heterocycles. The molecule has 0 atom stereocenters. The first-order valence-corrected chi connectivity index (χ1v) is 6.33. The molecule has 1 heterocycles. The Bertz CT molecular complexity index is 557. The molecule has 0 unspecified atom stereocenters. The van der Waals surface area contributed by atoms with Gasteiger partial charge < -0.3 is 10.1 Å². The average Bonchev–Trinajstić information content (AvgIpc) is 2.38. The number of hydrogen-bond acceptors (Lipinski definition) is 5. The predicted molar refractivity (Wildman–Crippen MR) is 75.0 cm³/mol. The van der Waals surface area contributed by atoms with E-state index in [1.165, 1.54) is 5.56 Å². The van der Waals surface area contributed by atoms with Crippen molar-refractivity contribution < 1.29 is 4.74 Å². The lowest BCUT2D eigenvalue weighted by Crippen LogP contribution is -2.01. The molecule has 1 aromatic carbocycles. The molecule has 0 radical (unpaired) electrons. The standard InChI is InChI=1S/C13H15ClN4O/c1-8(2)9-4-6-10(7-5-9)19-13-17-11(14)16-12(15-3)18-13/h4-8H,1-3H3,(H,15,16,17,18). The fourth-order valence-corrected chi connectivity index (χ4v) is 1.67. The van der Waals surface area contributed by atoms with Crippen molar-refractivity contribution in [2.75, 3.05) is 12.4 Å². The van der Waals surface area contributed by atoms with Crippen molar-refractivity contribution in [2.45, 2.75) is 19.8 Å². The van der Waals surface area contributed by atoms with Crippen LogP contribution in [0.3, 0.4) is 0 Å². The van der Waals surface area contributed by atoms with Crippen molar-refractivity contribution >= 4 is 17.5 Å². The van der Waals surface area contributed by atoms with Gasteiger partial charge in [-0.05, 0) is 35.2 Å². The minimum Gasteiger partial charge on any atom is -0.424 e. The van der Waals surface area contributed by atoms with Crippen molar-refractivity contribution in [3.8, 4) is 11.8 Å². The van der Waals surface area contributed by atoms with Crippen LogP contribution in [0.15, 0.2) is 24.3 Å². The molecule has 0 aliphatic rings. The van der Waals surface area contributed by atoms with Gasteiger partial charge in [-0.1, -0.05) is 26.0 Å². The number of aromatic nitrogens is 3. The van der Waals surface area contributed by atoms with Crippen molar-refractivity contribution in [2.24, 2.45) is 0 Å². The maximum atomic E-state index is 5.78. The van der Waals surface area contributed by atoms with E-state index in [1.54, 1.807) is 7.05 Å². The third-order valence-electron chi connectivity index (χ3n) is 2.57. The Hall–Kier alpha value is -1.88. The van der Waals surface area contributed by atoms with E-state index in [4.69, 9.17) is 16.3 Å². The summed E-state index contributed by atoms with van der Waals surface area (Å²) in [5, 5.41) is 2.88. The number of rotatable bonds is 4. The minimum atomic E-state index is 0.0909. The highest BCUT2D eigenvalue weighted by Gasteiger charge is 2.06. The number of nitrogens with zero attached hydrogens (tertiary/aromatic N) is 3. The fourth-order valence-electron chi connectivity index (χ4n) is 1.52. The van der Waals surface area contributed by atoms with Gasteiger partial charge in [0, 0.05) is 7.05 Å². The lowest BCUT2D eigenvalue weighted by Gasteiger charge is -2.08. The predicted octanol–water partition coefficient (Wildman–Crippen LogP) is 3.48. The molecule has 6 heteroatoms. The van der Waals surface area contributed by atoms with E-state index in [1.807, 2.05) is 24.3 Å². The van der Waals surface area contributed by atoms with Crippen LogP contribution in [0.1, 0.15) is 25.3 Å². The molecule has 1 aromatic heterocycles. The molecule has 0 aliphatic carbocycles. The van der Waals surface area contributed by atoms with E-state index in [-0.39, 0.29) is 11.3 Å². The van der Waals surface area contributed by atoms with Crippen LogP contribution in [0.4, 0.5) is 5.95 Å². The fraction of sp³-hybridized carbons (Fsp3) is 0.308. The smallest absolute Gasteiger partial charge is 0.328 e. The quantitative estimate of drug-likeness (QED) is 0.928. The summed E-state index contributed by atoms with van der Waals surface area (Å²) in [5.41, 5.74) is 1.25. The average molecular weight is 279 g/mol. The Morgan fingerprint density at radius 3 is 2.37 bits per heavy atom.